The van der Waals surface area contributed by atoms with Crippen molar-refractivity contribution in [3.05, 3.63) is 23.0 Å². The number of rotatable bonds is 18. The Hall–Kier alpha value is -3.83. The van der Waals surface area contributed by atoms with E-state index in [1.165, 1.54) is 26.4 Å². The number of hydrogen-bond donors (Lipinski definition) is 4. The van der Waals surface area contributed by atoms with Crippen molar-refractivity contribution in [3.63, 3.8) is 0 Å². The van der Waals surface area contributed by atoms with E-state index in [4.69, 9.17) is 19.7 Å². The van der Waals surface area contributed by atoms with E-state index in [1.807, 2.05) is 0 Å². The second-order valence-electron chi connectivity index (χ2n) is 9.05. The number of nitrogens with zero attached hydrogens (tertiary/aromatic N) is 1. The number of ether oxygens (including phenoxy) is 2. The Labute approximate surface area is 221 Å². The first-order valence-corrected chi connectivity index (χ1v) is 12.4. The van der Waals surface area contributed by atoms with Gasteiger partial charge in [0.25, 0.3) is 0 Å². The van der Waals surface area contributed by atoms with Gasteiger partial charge < -0.3 is 24.8 Å². The molecule has 0 aliphatic heterocycles. The summed E-state index contributed by atoms with van der Waals surface area (Å²) in [5, 5.41) is 28.0. The number of carboxylic acid groups (broad SMARTS) is 2. The van der Waals surface area contributed by atoms with E-state index in [0.717, 1.165) is 0 Å². The summed E-state index contributed by atoms with van der Waals surface area (Å²) in [4.78, 5) is 63.5. The van der Waals surface area contributed by atoms with Crippen LogP contribution in [0.25, 0.3) is 0 Å². The Morgan fingerprint density at radius 2 is 1.55 bits per heavy atom. The lowest BCUT2D eigenvalue weighted by Crippen LogP contribution is -2.90. The number of hydrogen-bond acceptors (Lipinski definition) is 8. The van der Waals surface area contributed by atoms with Gasteiger partial charge in [0.15, 0.2) is 6.21 Å². The summed E-state index contributed by atoms with van der Waals surface area (Å²) >= 11 is 0. The fourth-order valence-electron chi connectivity index (χ4n) is 3.56. The van der Waals surface area contributed by atoms with Gasteiger partial charge in [-0.1, -0.05) is 12.8 Å². The minimum Gasteiger partial charge on any atom is -0.505 e. The quantitative estimate of drug-likeness (QED) is 0.0692. The molecule has 0 amide bonds. The molecule has 0 saturated carbocycles. The summed E-state index contributed by atoms with van der Waals surface area (Å²) in [7, 11) is 1.17. The van der Waals surface area contributed by atoms with Gasteiger partial charge in [0.1, 0.15) is 12.4 Å². The molecule has 12 heteroatoms. The van der Waals surface area contributed by atoms with Crippen LogP contribution < -0.4 is 4.99 Å². The molecule has 0 aliphatic carbocycles. The van der Waals surface area contributed by atoms with E-state index in [1.54, 1.807) is 6.92 Å². The maximum atomic E-state index is 12.6. The lowest BCUT2D eigenvalue weighted by Gasteiger charge is -2.13. The Morgan fingerprint density at radius 1 is 1.00 bits per heavy atom. The smallest absolute Gasteiger partial charge is 0.392 e. The minimum absolute atomic E-state index is 0.0137. The van der Waals surface area contributed by atoms with Gasteiger partial charge in [-0.2, -0.15) is 0 Å². The number of aromatic hydroxyl groups is 1. The van der Waals surface area contributed by atoms with Gasteiger partial charge in [0.2, 0.25) is 0 Å². The van der Waals surface area contributed by atoms with Gasteiger partial charge >= 0.3 is 35.2 Å². The van der Waals surface area contributed by atoms with Gasteiger partial charge in [-0.25, -0.2) is 9.79 Å². The van der Waals surface area contributed by atoms with E-state index in [9.17, 15) is 29.1 Å². The molecule has 1 heterocycles. The number of carbonyl (C=O) groups is 4. The van der Waals surface area contributed by atoms with Gasteiger partial charge in [0, 0.05) is 37.9 Å². The van der Waals surface area contributed by atoms with Crippen molar-refractivity contribution in [1.29, 1.82) is 0 Å². The minimum atomic E-state index is -1.67. The van der Waals surface area contributed by atoms with Crippen LogP contribution in [-0.2, 0) is 35.3 Å². The molecule has 1 aromatic heterocycles. The highest BCUT2D eigenvalue weighted by atomic mass is 16.5. The highest BCUT2D eigenvalue weighted by molar-refractivity contribution is 6.07. The van der Waals surface area contributed by atoms with Crippen LogP contribution >= 0.6 is 0 Å². The summed E-state index contributed by atoms with van der Waals surface area (Å²) in [5.41, 5.74) is -0.830. The molecule has 0 unspecified atom stereocenters. The third-order valence-corrected chi connectivity index (χ3v) is 6.00. The molecule has 0 aromatic carbocycles. The lowest BCUT2D eigenvalue weighted by atomic mass is 9.92. The summed E-state index contributed by atoms with van der Waals surface area (Å²) in [6, 6.07) is 0. The van der Waals surface area contributed by atoms with Gasteiger partial charge in [0.05, 0.1) is 24.8 Å². The molecule has 12 nitrogen and oxygen atoms in total. The van der Waals surface area contributed by atoms with Crippen molar-refractivity contribution in [2.24, 2.45) is 0 Å². The first-order valence-electron chi connectivity index (χ1n) is 12.4. The van der Waals surface area contributed by atoms with Crippen molar-refractivity contribution in [2.75, 3.05) is 7.11 Å². The van der Waals surface area contributed by atoms with Crippen LogP contribution in [0.2, 0.25) is 0 Å². The third-order valence-electron chi connectivity index (χ3n) is 6.00. The van der Waals surface area contributed by atoms with Crippen LogP contribution in [0.4, 0.5) is 0 Å². The first kappa shape index (κ1) is 32.2. The first-order chi connectivity index (χ1) is 17.9. The molecule has 0 fully saturated rings. The zero-order valence-corrected chi connectivity index (χ0v) is 22.1. The maximum absolute atomic E-state index is 12.6. The fraction of sp³-hybridized carbons (Fsp3) is 0.577. The molecule has 0 radical (unpaired) electrons. The van der Waals surface area contributed by atoms with Gasteiger partial charge in [-0.3, -0.25) is 24.2 Å². The highest BCUT2D eigenvalue weighted by Crippen LogP contribution is 2.22. The largest absolute Gasteiger partial charge is 0.505 e. The maximum Gasteiger partial charge on any atom is 0.392 e. The second kappa shape index (κ2) is 16.1. The zero-order chi connectivity index (χ0) is 28.7. The molecule has 0 aliphatic rings. The number of carboxylic acids is 2. The Kier molecular flexibility index (Phi) is 13.6. The van der Waals surface area contributed by atoms with Crippen molar-refractivity contribution >= 4 is 35.9 Å². The Morgan fingerprint density at radius 3 is 2.11 bits per heavy atom. The van der Waals surface area contributed by atoms with Crippen molar-refractivity contribution in [1.82, 2.24) is 4.98 Å². The molecule has 0 bridgehead atoms. The normalized spacial score (nSPS) is 12.6. The molecule has 1 aromatic rings. The number of esters is 2. The number of aromatic nitrogens is 1. The van der Waals surface area contributed by atoms with E-state index in [0.29, 0.717) is 44.1 Å². The summed E-state index contributed by atoms with van der Waals surface area (Å²) in [6.07, 6.45) is 5.96. The van der Waals surface area contributed by atoms with Crippen LogP contribution in [0.15, 0.2) is 6.20 Å². The number of unbranched alkanes of at least 4 members (excludes halogenated alkanes) is 4. The monoisotopic (exact) mass is 538 g/mol. The number of pyridine rings is 1. The number of methoxy groups -OCH3 is 1. The number of aliphatic carboxylic acids is 2. The number of ketones is 1. The lowest BCUT2D eigenvalue weighted by molar-refractivity contribution is -0.507. The van der Waals surface area contributed by atoms with E-state index in [-0.39, 0.29) is 55.1 Å². The standard InChI is InChI=1S/C26H36N2O10/c1-17-24(35)19(18(14-27-17)16-38-23(34)13-9-5-8-12-22(32)33)15-28-26(2,25(36)37-3)20(29)10-6-4-7-11-21(30)31/h14-15,35H,4-13,16H2,1-3H3,(H,30,31)(H,32,33)/p+2/t26-/m0/s1. The zero-order valence-electron chi connectivity index (χ0n) is 22.1. The number of nitrogens with one attached hydrogen (secondary N) is 1. The summed E-state index contributed by atoms with van der Waals surface area (Å²) in [6.45, 7) is 2.77. The van der Waals surface area contributed by atoms with Crippen molar-refractivity contribution in [3.8, 4) is 5.75 Å². The Balaban J connectivity index is 2.96. The Bertz CT molecular complexity index is 1040. The highest BCUT2D eigenvalue weighted by Gasteiger charge is 2.52. The molecule has 38 heavy (non-hydrogen) atoms. The van der Waals surface area contributed by atoms with Gasteiger partial charge in [-0.05, 0) is 32.6 Å². The second-order valence-corrected chi connectivity index (χ2v) is 9.05. The van der Waals surface area contributed by atoms with Crippen LogP contribution in [0.3, 0.4) is 0 Å². The van der Waals surface area contributed by atoms with Gasteiger partial charge in [-0.15, -0.1) is 0 Å². The SMILES string of the molecule is COC(=O)[C@@](C)([NH+]=Cc1c(COC(=O)CCCCCC(=O)O)cnc(C)c1O)C(=[OH+])CCCCCC(=O)O. The van der Waals surface area contributed by atoms with Crippen molar-refractivity contribution < 1.29 is 53.8 Å². The molecule has 210 valence electrons. The molecule has 0 saturated heterocycles. The van der Waals surface area contributed by atoms with Crippen LogP contribution in [0, 0.1) is 6.92 Å². The average molecular weight is 539 g/mol. The molecule has 0 spiro atoms. The number of aryl methyl sites for hydroxylation is 1. The van der Waals surface area contributed by atoms with E-state index in [2.05, 4.69) is 9.98 Å². The van der Waals surface area contributed by atoms with Crippen LogP contribution in [0.1, 0.15) is 88.0 Å². The van der Waals surface area contributed by atoms with Crippen molar-refractivity contribution in [2.45, 2.75) is 90.2 Å². The van der Waals surface area contributed by atoms with E-state index >= 15 is 0 Å². The topological polar surface area (TPSA) is 196 Å². The predicted octanol–water partition coefficient (Wildman–Crippen LogP) is 1.19. The predicted molar refractivity (Wildman–Crippen MR) is 135 cm³/mol. The van der Waals surface area contributed by atoms with Crippen LogP contribution in [0.5, 0.6) is 5.75 Å². The molecular formula is C26H38N2O10+2. The number of carbonyl (C=O) groups excluding carboxylic acids is 3. The molecular weight excluding hydrogens is 500 g/mol. The van der Waals surface area contributed by atoms with Crippen LogP contribution in [-0.4, -0.2) is 73.6 Å². The molecule has 5 N–H and O–H groups in total. The molecule has 1 rings (SSSR count). The molecule has 1 atom stereocenters. The third kappa shape index (κ3) is 10.7. The summed E-state index contributed by atoms with van der Waals surface area (Å²) < 4.78 is 10.1. The fourth-order valence-corrected chi connectivity index (χ4v) is 3.56. The average Bonchev–Trinajstić information content (AvgIpc) is 2.87. The van der Waals surface area contributed by atoms with E-state index < -0.39 is 29.4 Å². The summed E-state index contributed by atoms with van der Waals surface area (Å²) in [5.74, 6) is -3.50.